The second-order valence-corrected chi connectivity index (χ2v) is 9.27. The lowest BCUT2D eigenvalue weighted by molar-refractivity contribution is 0.383. The number of hydrogen-bond donors (Lipinski definition) is 0. The van der Waals surface area contributed by atoms with Crippen molar-refractivity contribution in [1.82, 2.24) is 18.9 Å². The van der Waals surface area contributed by atoms with Gasteiger partial charge >= 0.3 is 0 Å². The first kappa shape index (κ1) is 14.7. The van der Waals surface area contributed by atoms with Gasteiger partial charge in [0.25, 0.3) is 0 Å². The van der Waals surface area contributed by atoms with Crippen LogP contribution in [0.5, 0.6) is 0 Å². The van der Waals surface area contributed by atoms with Crippen molar-refractivity contribution < 1.29 is 8.42 Å². The largest absolute Gasteiger partial charge is 0.352 e. The van der Waals surface area contributed by atoms with E-state index in [0.29, 0.717) is 32.1 Å². The van der Waals surface area contributed by atoms with Crippen molar-refractivity contribution in [2.75, 3.05) is 31.1 Å². The minimum Gasteiger partial charge on any atom is -0.352 e. The van der Waals surface area contributed by atoms with Gasteiger partial charge in [-0.3, -0.25) is 0 Å². The Morgan fingerprint density at radius 2 is 1.79 bits per heavy atom. The van der Waals surface area contributed by atoms with Crippen molar-refractivity contribution in [3.05, 3.63) is 24.2 Å². The average Bonchev–Trinajstić information content (AvgIpc) is 3.50. The molecule has 1 aliphatic heterocycles. The normalized spacial score (nSPS) is 23.1. The van der Waals surface area contributed by atoms with E-state index in [-0.39, 0.29) is 5.25 Å². The van der Waals surface area contributed by atoms with E-state index >= 15 is 0 Å². The third-order valence-corrected chi connectivity index (χ3v) is 7.63. The standard InChI is InChI=1S/C16H21N5O2S/c22-24(23,13-3-4-13)20-9-7-19(8-10-20)16-15-11-14(12-1-2-12)18-21(15)6-5-17-16/h5-6,11-13H,1-4,7-10H2. The van der Waals surface area contributed by atoms with Gasteiger partial charge in [-0.25, -0.2) is 17.9 Å². The van der Waals surface area contributed by atoms with Crippen molar-refractivity contribution in [3.63, 3.8) is 0 Å². The molecular formula is C16H21N5O2S. The molecule has 0 bridgehead atoms. The van der Waals surface area contributed by atoms with Crippen LogP contribution in [-0.2, 0) is 10.0 Å². The van der Waals surface area contributed by atoms with Crippen LogP contribution in [0.1, 0.15) is 37.3 Å². The lowest BCUT2D eigenvalue weighted by atomic mass is 10.2. The summed E-state index contributed by atoms with van der Waals surface area (Å²) in [6, 6.07) is 2.15. The molecule has 0 aromatic carbocycles. The van der Waals surface area contributed by atoms with Gasteiger partial charge in [0.1, 0.15) is 5.52 Å². The Morgan fingerprint density at radius 1 is 1.04 bits per heavy atom. The summed E-state index contributed by atoms with van der Waals surface area (Å²) in [5, 5.41) is 4.54. The van der Waals surface area contributed by atoms with Gasteiger partial charge in [0.2, 0.25) is 10.0 Å². The van der Waals surface area contributed by atoms with Crippen molar-refractivity contribution in [2.45, 2.75) is 36.9 Å². The molecule has 0 spiro atoms. The van der Waals surface area contributed by atoms with Crippen molar-refractivity contribution in [1.29, 1.82) is 0 Å². The minimum absolute atomic E-state index is 0.124. The minimum atomic E-state index is -3.07. The molecule has 3 fully saturated rings. The summed E-state index contributed by atoms with van der Waals surface area (Å²) in [5.41, 5.74) is 2.18. The van der Waals surface area contributed by atoms with E-state index < -0.39 is 10.0 Å². The third kappa shape index (κ3) is 2.39. The fourth-order valence-corrected chi connectivity index (χ4v) is 5.31. The smallest absolute Gasteiger partial charge is 0.217 e. The number of nitrogens with zero attached hydrogens (tertiary/aromatic N) is 5. The SMILES string of the molecule is O=S(=O)(C1CC1)N1CCN(c2nccn3nc(C4CC4)cc23)CC1. The van der Waals surface area contributed by atoms with E-state index in [9.17, 15) is 8.42 Å². The molecule has 3 heterocycles. The van der Waals surface area contributed by atoms with Crippen LogP contribution in [0, 0.1) is 0 Å². The number of hydrogen-bond acceptors (Lipinski definition) is 5. The Labute approximate surface area is 141 Å². The van der Waals surface area contributed by atoms with Crippen molar-refractivity contribution >= 4 is 21.4 Å². The summed E-state index contributed by atoms with van der Waals surface area (Å²) >= 11 is 0. The van der Waals surface area contributed by atoms with E-state index in [1.165, 1.54) is 12.8 Å². The van der Waals surface area contributed by atoms with Crippen LogP contribution in [0.3, 0.4) is 0 Å². The highest BCUT2D eigenvalue weighted by Crippen LogP contribution is 2.40. The summed E-state index contributed by atoms with van der Waals surface area (Å²) < 4.78 is 28.3. The Kier molecular flexibility index (Phi) is 3.15. The summed E-state index contributed by atoms with van der Waals surface area (Å²) in [4.78, 5) is 6.74. The monoisotopic (exact) mass is 347 g/mol. The number of aromatic nitrogens is 3. The predicted molar refractivity (Wildman–Crippen MR) is 90.7 cm³/mol. The highest BCUT2D eigenvalue weighted by Gasteiger charge is 2.41. The van der Waals surface area contributed by atoms with Gasteiger partial charge in [-0.2, -0.15) is 9.40 Å². The van der Waals surface area contributed by atoms with Gasteiger partial charge in [0, 0.05) is 44.5 Å². The number of fused-ring (bicyclic) bond motifs is 1. The molecule has 0 amide bonds. The molecule has 5 rings (SSSR count). The predicted octanol–water partition coefficient (Wildman–Crippen LogP) is 1.22. The quantitative estimate of drug-likeness (QED) is 0.832. The number of anilines is 1. The van der Waals surface area contributed by atoms with Gasteiger partial charge in [-0.1, -0.05) is 0 Å². The lowest BCUT2D eigenvalue weighted by Crippen LogP contribution is -2.49. The maximum absolute atomic E-state index is 12.4. The number of sulfonamides is 1. The first-order valence-electron chi connectivity index (χ1n) is 8.71. The topological polar surface area (TPSA) is 70.8 Å². The summed E-state index contributed by atoms with van der Waals surface area (Å²) in [6.07, 6.45) is 7.76. The summed E-state index contributed by atoms with van der Waals surface area (Å²) in [6.45, 7) is 2.46. The maximum Gasteiger partial charge on any atom is 0.217 e. The molecule has 24 heavy (non-hydrogen) atoms. The van der Waals surface area contributed by atoms with Gasteiger partial charge in [-0.15, -0.1) is 0 Å². The van der Waals surface area contributed by atoms with Gasteiger partial charge in [0.05, 0.1) is 10.9 Å². The Hall–Kier alpha value is -1.67. The molecule has 7 nitrogen and oxygen atoms in total. The highest BCUT2D eigenvalue weighted by atomic mass is 32.2. The molecule has 2 saturated carbocycles. The second-order valence-electron chi connectivity index (χ2n) is 7.05. The fourth-order valence-electron chi connectivity index (χ4n) is 3.48. The maximum atomic E-state index is 12.4. The Balaban J connectivity index is 1.38. The number of rotatable bonds is 4. The van der Waals surface area contributed by atoms with E-state index in [4.69, 9.17) is 0 Å². The van der Waals surface area contributed by atoms with Crippen molar-refractivity contribution in [2.24, 2.45) is 0 Å². The van der Waals surface area contributed by atoms with Crippen LogP contribution in [-0.4, -0.2) is 58.8 Å². The molecule has 0 unspecified atom stereocenters. The van der Waals surface area contributed by atoms with E-state index in [1.54, 1.807) is 10.5 Å². The molecule has 1 saturated heterocycles. The van der Waals surface area contributed by atoms with Crippen LogP contribution in [0.25, 0.3) is 5.52 Å². The second kappa shape index (κ2) is 5.16. The zero-order chi connectivity index (χ0) is 16.3. The Bertz CT molecular complexity index is 877. The molecule has 2 aromatic rings. The van der Waals surface area contributed by atoms with Gasteiger partial charge in [-0.05, 0) is 31.7 Å². The first-order chi connectivity index (χ1) is 11.6. The van der Waals surface area contributed by atoms with Gasteiger partial charge in [0.15, 0.2) is 5.82 Å². The van der Waals surface area contributed by atoms with E-state index in [2.05, 4.69) is 21.0 Å². The van der Waals surface area contributed by atoms with Crippen molar-refractivity contribution in [3.8, 4) is 0 Å². The molecule has 2 aliphatic carbocycles. The molecule has 0 atom stereocenters. The zero-order valence-electron chi connectivity index (χ0n) is 13.5. The molecule has 0 radical (unpaired) electrons. The molecule has 8 heteroatoms. The van der Waals surface area contributed by atoms with Crippen LogP contribution < -0.4 is 4.90 Å². The Morgan fingerprint density at radius 3 is 2.46 bits per heavy atom. The summed E-state index contributed by atoms with van der Waals surface area (Å²) in [5.74, 6) is 1.53. The van der Waals surface area contributed by atoms with Crippen LogP contribution in [0.4, 0.5) is 5.82 Å². The molecular weight excluding hydrogens is 326 g/mol. The first-order valence-corrected chi connectivity index (χ1v) is 10.2. The number of piperazine rings is 1. The molecule has 3 aliphatic rings. The highest BCUT2D eigenvalue weighted by molar-refractivity contribution is 7.90. The molecule has 2 aromatic heterocycles. The molecule has 0 N–H and O–H groups in total. The summed E-state index contributed by atoms with van der Waals surface area (Å²) in [7, 11) is -3.07. The lowest BCUT2D eigenvalue weighted by Gasteiger charge is -2.34. The third-order valence-electron chi connectivity index (χ3n) is 5.23. The zero-order valence-corrected chi connectivity index (χ0v) is 14.3. The van der Waals surface area contributed by atoms with E-state index in [1.807, 2.05) is 10.7 Å². The molecule has 128 valence electrons. The van der Waals surface area contributed by atoms with Crippen LogP contribution >= 0.6 is 0 Å². The fraction of sp³-hybridized carbons (Fsp3) is 0.625. The average molecular weight is 347 g/mol. The van der Waals surface area contributed by atoms with Gasteiger partial charge < -0.3 is 4.90 Å². The van der Waals surface area contributed by atoms with Crippen LogP contribution in [0.2, 0.25) is 0 Å². The van der Waals surface area contributed by atoms with Crippen LogP contribution in [0.15, 0.2) is 18.5 Å². The van der Waals surface area contributed by atoms with E-state index in [0.717, 1.165) is 29.9 Å².